The van der Waals surface area contributed by atoms with E-state index in [1.54, 1.807) is 24.4 Å². The van der Waals surface area contributed by atoms with Crippen LogP contribution in [0.5, 0.6) is 0 Å². The summed E-state index contributed by atoms with van der Waals surface area (Å²) in [5.41, 5.74) is 1.85. The van der Waals surface area contributed by atoms with Crippen molar-refractivity contribution in [2.24, 2.45) is 0 Å². The molecule has 0 spiro atoms. The van der Waals surface area contributed by atoms with Gasteiger partial charge in [-0.25, -0.2) is 0 Å². The normalized spacial score (nSPS) is 16.0. The summed E-state index contributed by atoms with van der Waals surface area (Å²) >= 11 is 1.51. The molecular formula is C15H14ClN3O2S. The second-order valence-corrected chi connectivity index (χ2v) is 6.04. The molecular weight excluding hydrogens is 322 g/mol. The van der Waals surface area contributed by atoms with E-state index in [4.69, 9.17) is 0 Å². The van der Waals surface area contributed by atoms with Crippen LogP contribution in [0.4, 0.5) is 11.4 Å². The fourth-order valence-electron chi connectivity index (χ4n) is 1.99. The maximum Gasteiger partial charge on any atom is 0.257 e. The third-order valence-corrected chi connectivity index (χ3v) is 4.27. The highest BCUT2D eigenvalue weighted by molar-refractivity contribution is 8.00. The fourth-order valence-corrected chi connectivity index (χ4v) is 2.92. The average molecular weight is 336 g/mol. The van der Waals surface area contributed by atoms with E-state index >= 15 is 0 Å². The number of carbonyl (C=O) groups excluding carboxylic acids is 2. The molecule has 1 aromatic carbocycles. The molecule has 2 N–H and O–H groups in total. The van der Waals surface area contributed by atoms with Crippen LogP contribution in [0.3, 0.4) is 0 Å². The molecule has 1 atom stereocenters. The summed E-state index contributed by atoms with van der Waals surface area (Å²) in [5.74, 6) is -0.255. The van der Waals surface area contributed by atoms with E-state index < -0.39 is 0 Å². The summed E-state index contributed by atoms with van der Waals surface area (Å²) in [6.07, 6.45) is 3.12. The molecule has 3 rings (SSSR count). The van der Waals surface area contributed by atoms with Gasteiger partial charge in [0.25, 0.3) is 5.91 Å². The molecule has 0 saturated carbocycles. The average Bonchev–Trinajstić information content (AvgIpc) is 2.49. The number of hydrogen-bond donors (Lipinski definition) is 2. The number of pyridine rings is 1. The number of benzene rings is 1. The standard InChI is InChI=1S/C15H13N3O2S.ClH/c1-9-14(19)18-12-7-11(4-5-13(12)21-9)17-15(20)10-3-2-6-16-8-10;/h2-9H,1H3,(H,17,20)(H,18,19);1H. The van der Waals surface area contributed by atoms with Gasteiger partial charge in [0.2, 0.25) is 5.91 Å². The molecule has 0 radical (unpaired) electrons. The Morgan fingerprint density at radius 3 is 2.91 bits per heavy atom. The summed E-state index contributed by atoms with van der Waals surface area (Å²) in [4.78, 5) is 28.7. The molecule has 7 heteroatoms. The Hall–Kier alpha value is -2.05. The topological polar surface area (TPSA) is 71.1 Å². The fraction of sp³-hybridized carbons (Fsp3) is 0.133. The summed E-state index contributed by atoms with van der Waals surface area (Å²) in [6, 6.07) is 8.89. The third kappa shape index (κ3) is 3.40. The highest BCUT2D eigenvalue weighted by Gasteiger charge is 2.23. The third-order valence-electron chi connectivity index (χ3n) is 3.09. The quantitative estimate of drug-likeness (QED) is 0.884. The van der Waals surface area contributed by atoms with E-state index in [1.165, 1.54) is 18.0 Å². The van der Waals surface area contributed by atoms with Crippen LogP contribution in [0, 0.1) is 0 Å². The lowest BCUT2D eigenvalue weighted by atomic mass is 10.2. The Balaban J connectivity index is 0.00000176. The van der Waals surface area contributed by atoms with Crippen molar-refractivity contribution in [1.82, 2.24) is 4.98 Å². The van der Waals surface area contributed by atoms with Gasteiger partial charge in [-0.1, -0.05) is 0 Å². The second kappa shape index (κ2) is 6.81. The number of nitrogens with one attached hydrogen (secondary N) is 2. The first kappa shape index (κ1) is 16.3. The maximum absolute atomic E-state index is 12.1. The summed E-state index contributed by atoms with van der Waals surface area (Å²) in [6.45, 7) is 1.86. The first-order chi connectivity index (χ1) is 10.1. The molecule has 0 saturated heterocycles. The largest absolute Gasteiger partial charge is 0.324 e. The lowest BCUT2D eigenvalue weighted by Crippen LogP contribution is -2.26. The summed E-state index contributed by atoms with van der Waals surface area (Å²) in [7, 11) is 0. The predicted molar refractivity (Wildman–Crippen MR) is 89.8 cm³/mol. The van der Waals surface area contributed by atoms with Crippen LogP contribution >= 0.6 is 24.2 Å². The number of nitrogens with zero attached hydrogens (tertiary/aromatic N) is 1. The predicted octanol–water partition coefficient (Wildman–Crippen LogP) is 3.19. The van der Waals surface area contributed by atoms with Gasteiger partial charge < -0.3 is 10.6 Å². The Labute approximate surface area is 138 Å². The van der Waals surface area contributed by atoms with E-state index in [9.17, 15) is 9.59 Å². The number of thioether (sulfide) groups is 1. The Bertz CT molecular complexity index is 709. The molecule has 1 aliphatic rings. The first-order valence-corrected chi connectivity index (χ1v) is 7.34. The Morgan fingerprint density at radius 1 is 1.36 bits per heavy atom. The molecule has 2 aromatic rings. The van der Waals surface area contributed by atoms with Crippen molar-refractivity contribution in [2.45, 2.75) is 17.1 Å². The zero-order chi connectivity index (χ0) is 14.8. The molecule has 0 aliphatic carbocycles. The van der Waals surface area contributed by atoms with Crippen molar-refractivity contribution < 1.29 is 9.59 Å². The number of anilines is 2. The van der Waals surface area contributed by atoms with Gasteiger partial charge in [0, 0.05) is 23.0 Å². The van der Waals surface area contributed by atoms with Crippen LogP contribution in [0.1, 0.15) is 17.3 Å². The van der Waals surface area contributed by atoms with Gasteiger partial charge >= 0.3 is 0 Å². The van der Waals surface area contributed by atoms with Gasteiger partial charge in [-0.2, -0.15) is 0 Å². The molecule has 0 bridgehead atoms. The minimum atomic E-state index is -0.230. The van der Waals surface area contributed by atoms with E-state index in [2.05, 4.69) is 15.6 Å². The number of aromatic nitrogens is 1. The van der Waals surface area contributed by atoms with Crippen LogP contribution < -0.4 is 10.6 Å². The van der Waals surface area contributed by atoms with Gasteiger partial charge in [-0.15, -0.1) is 24.2 Å². The molecule has 2 amide bonds. The van der Waals surface area contributed by atoms with Gasteiger partial charge in [0.1, 0.15) is 0 Å². The van der Waals surface area contributed by atoms with Crippen molar-refractivity contribution in [3.8, 4) is 0 Å². The van der Waals surface area contributed by atoms with E-state index in [0.29, 0.717) is 11.3 Å². The molecule has 1 aromatic heterocycles. The van der Waals surface area contributed by atoms with Crippen LogP contribution in [0.15, 0.2) is 47.6 Å². The zero-order valence-corrected chi connectivity index (χ0v) is 13.3. The number of fused-ring (bicyclic) bond motifs is 1. The van der Waals surface area contributed by atoms with Gasteiger partial charge in [0.05, 0.1) is 16.5 Å². The highest BCUT2D eigenvalue weighted by atomic mass is 35.5. The van der Waals surface area contributed by atoms with E-state index in [-0.39, 0.29) is 29.5 Å². The van der Waals surface area contributed by atoms with Gasteiger partial charge in [0.15, 0.2) is 0 Å². The van der Waals surface area contributed by atoms with Crippen molar-refractivity contribution in [1.29, 1.82) is 0 Å². The number of halogens is 1. The van der Waals surface area contributed by atoms with Crippen LogP contribution in [0.2, 0.25) is 0 Å². The Morgan fingerprint density at radius 2 is 2.18 bits per heavy atom. The second-order valence-electron chi connectivity index (χ2n) is 4.66. The van der Waals surface area contributed by atoms with Gasteiger partial charge in [-0.05, 0) is 37.3 Å². The molecule has 0 fully saturated rings. The molecule has 1 aliphatic heterocycles. The van der Waals surface area contributed by atoms with E-state index in [0.717, 1.165) is 10.6 Å². The minimum Gasteiger partial charge on any atom is -0.324 e. The molecule has 22 heavy (non-hydrogen) atoms. The Kier molecular flexibility index (Phi) is 5.05. The van der Waals surface area contributed by atoms with Crippen molar-refractivity contribution >= 4 is 47.4 Å². The van der Waals surface area contributed by atoms with Crippen LogP contribution in [-0.4, -0.2) is 22.0 Å². The smallest absolute Gasteiger partial charge is 0.257 e. The monoisotopic (exact) mass is 335 g/mol. The first-order valence-electron chi connectivity index (χ1n) is 6.46. The highest BCUT2D eigenvalue weighted by Crippen LogP contribution is 2.36. The number of amides is 2. The maximum atomic E-state index is 12.1. The molecule has 114 valence electrons. The minimum absolute atomic E-state index is 0. The van der Waals surface area contributed by atoms with Gasteiger partial charge in [-0.3, -0.25) is 14.6 Å². The summed E-state index contributed by atoms with van der Waals surface area (Å²) in [5, 5.41) is 5.53. The van der Waals surface area contributed by atoms with Crippen molar-refractivity contribution in [2.75, 3.05) is 10.6 Å². The lowest BCUT2D eigenvalue weighted by Gasteiger charge is -2.21. The number of rotatable bonds is 2. The lowest BCUT2D eigenvalue weighted by molar-refractivity contribution is -0.115. The zero-order valence-electron chi connectivity index (χ0n) is 11.7. The summed E-state index contributed by atoms with van der Waals surface area (Å²) < 4.78 is 0. The number of carbonyl (C=O) groups is 2. The van der Waals surface area contributed by atoms with Crippen molar-refractivity contribution in [3.05, 3.63) is 48.3 Å². The molecule has 2 heterocycles. The molecule has 5 nitrogen and oxygen atoms in total. The SMILES string of the molecule is CC1Sc2ccc(NC(=O)c3cccnc3)cc2NC1=O.Cl. The van der Waals surface area contributed by atoms with Crippen LogP contribution in [0.25, 0.3) is 0 Å². The van der Waals surface area contributed by atoms with Crippen LogP contribution in [-0.2, 0) is 4.79 Å². The van der Waals surface area contributed by atoms with E-state index in [1.807, 2.05) is 19.1 Å². The number of hydrogen-bond acceptors (Lipinski definition) is 4. The molecule has 1 unspecified atom stereocenters. The van der Waals surface area contributed by atoms with Crippen molar-refractivity contribution in [3.63, 3.8) is 0 Å².